The Morgan fingerprint density at radius 3 is 2.95 bits per heavy atom. The molecule has 1 aliphatic rings. The Labute approximate surface area is 128 Å². The fourth-order valence-electron chi connectivity index (χ4n) is 2.94. The van der Waals surface area contributed by atoms with Gasteiger partial charge >= 0.3 is 5.97 Å². The van der Waals surface area contributed by atoms with Crippen LogP contribution < -0.4 is 0 Å². The monoisotopic (exact) mass is 303 g/mol. The highest BCUT2D eigenvalue weighted by molar-refractivity contribution is 5.90. The van der Waals surface area contributed by atoms with E-state index in [0.29, 0.717) is 19.5 Å². The maximum Gasteiger partial charge on any atom is 0.336 e. The summed E-state index contributed by atoms with van der Waals surface area (Å²) in [4.78, 5) is 13.4. The molecule has 5 nitrogen and oxygen atoms in total. The van der Waals surface area contributed by atoms with Crippen molar-refractivity contribution in [2.75, 3.05) is 6.54 Å². The van der Waals surface area contributed by atoms with E-state index in [0.717, 1.165) is 36.0 Å². The average molecular weight is 303 g/mol. The third kappa shape index (κ3) is 2.87. The molecule has 116 valence electrons. The van der Waals surface area contributed by atoms with Crippen LogP contribution in [0.5, 0.6) is 0 Å². The lowest BCUT2D eigenvalue weighted by molar-refractivity contribution is 0.0694. The second-order valence-corrected chi connectivity index (χ2v) is 5.52. The zero-order valence-electron chi connectivity index (χ0n) is 12.4. The maximum atomic E-state index is 13.6. The van der Waals surface area contributed by atoms with Crippen molar-refractivity contribution in [1.29, 1.82) is 0 Å². The number of carbonyl (C=O) groups is 1. The van der Waals surface area contributed by atoms with Gasteiger partial charge in [-0.1, -0.05) is 0 Å². The molecule has 0 fully saturated rings. The van der Waals surface area contributed by atoms with Crippen molar-refractivity contribution < 1.29 is 14.3 Å². The van der Waals surface area contributed by atoms with Crippen molar-refractivity contribution in [3.05, 3.63) is 52.6 Å². The van der Waals surface area contributed by atoms with Gasteiger partial charge in [-0.2, -0.15) is 5.10 Å². The number of rotatable bonds is 4. The van der Waals surface area contributed by atoms with Crippen LogP contribution in [0.4, 0.5) is 4.39 Å². The number of aromatic carboxylic acids is 1. The Balaban J connectivity index is 1.80. The van der Waals surface area contributed by atoms with Crippen LogP contribution in [0.3, 0.4) is 0 Å². The molecule has 0 saturated heterocycles. The highest BCUT2D eigenvalue weighted by Gasteiger charge is 2.23. The zero-order chi connectivity index (χ0) is 15.7. The predicted molar refractivity (Wildman–Crippen MR) is 79.1 cm³/mol. The van der Waals surface area contributed by atoms with Crippen molar-refractivity contribution in [3.63, 3.8) is 0 Å². The lowest BCUT2D eigenvalue weighted by Gasteiger charge is -2.29. The Hall–Kier alpha value is -2.21. The van der Waals surface area contributed by atoms with Gasteiger partial charge in [-0.25, -0.2) is 9.18 Å². The number of carboxylic acids is 1. The van der Waals surface area contributed by atoms with Crippen LogP contribution in [0.1, 0.15) is 34.1 Å². The minimum Gasteiger partial charge on any atom is -0.478 e. The van der Waals surface area contributed by atoms with E-state index in [1.54, 1.807) is 0 Å². The zero-order valence-corrected chi connectivity index (χ0v) is 12.4. The number of hydrogen-bond acceptors (Lipinski definition) is 3. The molecule has 1 N–H and O–H groups in total. The summed E-state index contributed by atoms with van der Waals surface area (Å²) < 4.78 is 15.5. The van der Waals surface area contributed by atoms with Gasteiger partial charge in [-0.05, 0) is 42.7 Å². The standard InChI is InChI=1S/C16H18FN3O2/c1-2-20-6-3-13(18-20)10-19-5-4-14-11(9-19)7-12(17)8-15(14)16(21)22/h3,6-8H,2,4-5,9-10H2,1H3,(H,21,22). The molecule has 0 amide bonds. The minimum absolute atomic E-state index is 0.0879. The normalized spacial score (nSPS) is 14.8. The Morgan fingerprint density at radius 1 is 1.45 bits per heavy atom. The van der Waals surface area contributed by atoms with Crippen molar-refractivity contribution in [2.24, 2.45) is 0 Å². The molecular formula is C16H18FN3O2. The van der Waals surface area contributed by atoms with Gasteiger partial charge in [-0.3, -0.25) is 9.58 Å². The smallest absolute Gasteiger partial charge is 0.336 e. The molecule has 22 heavy (non-hydrogen) atoms. The highest BCUT2D eigenvalue weighted by atomic mass is 19.1. The molecule has 1 aromatic carbocycles. The van der Waals surface area contributed by atoms with Crippen LogP contribution >= 0.6 is 0 Å². The summed E-state index contributed by atoms with van der Waals surface area (Å²) in [5, 5.41) is 13.7. The van der Waals surface area contributed by atoms with Crippen LogP contribution in [0.25, 0.3) is 0 Å². The van der Waals surface area contributed by atoms with Gasteiger partial charge in [-0.15, -0.1) is 0 Å². The highest BCUT2D eigenvalue weighted by Crippen LogP contribution is 2.25. The van der Waals surface area contributed by atoms with E-state index in [4.69, 9.17) is 0 Å². The molecule has 0 bridgehead atoms. The number of fused-ring (bicyclic) bond motifs is 1. The number of benzene rings is 1. The summed E-state index contributed by atoms with van der Waals surface area (Å²) in [5.74, 6) is -1.56. The molecule has 0 aliphatic carbocycles. The lowest BCUT2D eigenvalue weighted by Crippen LogP contribution is -2.31. The number of aromatic nitrogens is 2. The summed E-state index contributed by atoms with van der Waals surface area (Å²) >= 11 is 0. The molecule has 0 radical (unpaired) electrons. The van der Waals surface area contributed by atoms with Gasteiger partial charge < -0.3 is 5.11 Å². The summed E-state index contributed by atoms with van der Waals surface area (Å²) in [5.41, 5.74) is 2.58. The van der Waals surface area contributed by atoms with E-state index < -0.39 is 11.8 Å². The fourth-order valence-corrected chi connectivity index (χ4v) is 2.94. The second-order valence-electron chi connectivity index (χ2n) is 5.52. The molecule has 0 spiro atoms. The Bertz CT molecular complexity index is 711. The van der Waals surface area contributed by atoms with Crippen LogP contribution in [0.2, 0.25) is 0 Å². The average Bonchev–Trinajstić information content (AvgIpc) is 2.93. The SMILES string of the molecule is CCn1ccc(CN2CCc3c(cc(F)cc3C(=O)O)C2)n1. The van der Waals surface area contributed by atoms with Crippen molar-refractivity contribution in [2.45, 2.75) is 33.0 Å². The molecule has 2 heterocycles. The fraction of sp³-hybridized carbons (Fsp3) is 0.375. The van der Waals surface area contributed by atoms with Crippen LogP contribution in [0.15, 0.2) is 24.4 Å². The number of nitrogens with zero attached hydrogens (tertiary/aromatic N) is 3. The molecule has 1 aromatic heterocycles. The van der Waals surface area contributed by atoms with E-state index in [1.165, 1.54) is 6.07 Å². The van der Waals surface area contributed by atoms with E-state index in [1.807, 2.05) is 23.9 Å². The van der Waals surface area contributed by atoms with E-state index in [2.05, 4.69) is 10.00 Å². The van der Waals surface area contributed by atoms with Gasteiger partial charge in [0, 0.05) is 32.4 Å². The van der Waals surface area contributed by atoms with E-state index in [-0.39, 0.29) is 5.56 Å². The van der Waals surface area contributed by atoms with Gasteiger partial charge in [0.15, 0.2) is 0 Å². The summed E-state index contributed by atoms with van der Waals surface area (Å²) in [7, 11) is 0. The Morgan fingerprint density at radius 2 is 2.27 bits per heavy atom. The number of carboxylic acid groups (broad SMARTS) is 1. The third-order valence-corrected chi connectivity index (χ3v) is 4.01. The lowest BCUT2D eigenvalue weighted by atomic mass is 9.94. The predicted octanol–water partition coefficient (Wildman–Crippen LogP) is 2.30. The maximum absolute atomic E-state index is 13.6. The summed E-state index contributed by atoms with van der Waals surface area (Å²) in [6.45, 7) is 4.84. The van der Waals surface area contributed by atoms with Crippen molar-refractivity contribution in [3.8, 4) is 0 Å². The molecule has 0 unspecified atom stereocenters. The third-order valence-electron chi connectivity index (χ3n) is 4.01. The number of aryl methyl sites for hydroxylation is 1. The molecule has 3 rings (SSSR count). The van der Waals surface area contributed by atoms with Gasteiger partial charge in [0.25, 0.3) is 0 Å². The van der Waals surface area contributed by atoms with Crippen molar-refractivity contribution in [1.82, 2.24) is 14.7 Å². The van der Waals surface area contributed by atoms with Crippen LogP contribution in [-0.4, -0.2) is 32.3 Å². The van der Waals surface area contributed by atoms with Gasteiger partial charge in [0.1, 0.15) is 5.82 Å². The largest absolute Gasteiger partial charge is 0.478 e. The first-order valence-corrected chi connectivity index (χ1v) is 7.36. The summed E-state index contributed by atoms with van der Waals surface area (Å²) in [6.07, 6.45) is 2.56. The van der Waals surface area contributed by atoms with Gasteiger partial charge in [0.05, 0.1) is 11.3 Å². The number of halogens is 1. The topological polar surface area (TPSA) is 58.4 Å². The van der Waals surface area contributed by atoms with Crippen LogP contribution in [-0.2, 0) is 26.1 Å². The van der Waals surface area contributed by atoms with Crippen molar-refractivity contribution >= 4 is 5.97 Å². The first kappa shape index (κ1) is 14.7. The second kappa shape index (κ2) is 5.88. The molecule has 0 atom stereocenters. The van der Waals surface area contributed by atoms with E-state index in [9.17, 15) is 14.3 Å². The molecule has 6 heteroatoms. The molecule has 0 saturated carbocycles. The molecule has 1 aliphatic heterocycles. The summed E-state index contributed by atoms with van der Waals surface area (Å²) in [6, 6.07) is 4.53. The van der Waals surface area contributed by atoms with Crippen LogP contribution in [0, 0.1) is 5.82 Å². The Kier molecular flexibility index (Phi) is 3.94. The van der Waals surface area contributed by atoms with E-state index >= 15 is 0 Å². The van der Waals surface area contributed by atoms with Gasteiger partial charge in [0.2, 0.25) is 0 Å². The molecule has 2 aromatic rings. The number of hydrogen-bond donors (Lipinski definition) is 1. The minimum atomic E-state index is -1.06. The molecular weight excluding hydrogens is 285 g/mol. The first-order valence-electron chi connectivity index (χ1n) is 7.36. The first-order chi connectivity index (χ1) is 10.6. The quantitative estimate of drug-likeness (QED) is 0.941.